The molecule has 0 N–H and O–H groups in total. The normalized spacial score (nSPS) is 28.3. The van der Waals surface area contributed by atoms with Crippen molar-refractivity contribution < 1.29 is 4.79 Å². The Morgan fingerprint density at radius 3 is 2.65 bits per heavy atom. The van der Waals surface area contributed by atoms with Crippen molar-refractivity contribution in [2.75, 3.05) is 31.1 Å². The van der Waals surface area contributed by atoms with Gasteiger partial charge < -0.3 is 9.80 Å². The fourth-order valence-corrected chi connectivity index (χ4v) is 3.09. The van der Waals surface area contributed by atoms with E-state index in [1.807, 2.05) is 16.5 Å². The smallest absolute Gasteiger partial charge is 0.226 e. The van der Waals surface area contributed by atoms with E-state index in [1.54, 1.807) is 11.3 Å². The molecule has 17 heavy (non-hydrogen) atoms. The summed E-state index contributed by atoms with van der Waals surface area (Å²) in [4.78, 5) is 20.7. The average molecular weight is 251 g/mol. The third kappa shape index (κ3) is 2.16. The zero-order valence-electron chi connectivity index (χ0n) is 10.0. The Hall–Kier alpha value is -1.10. The standard InChI is InChI=1S/C12H17N3OS/c1-9-8-10(9)11(16)14-3-5-15(6-4-14)12-13-2-7-17-12/h2,7,9-10H,3-6,8H2,1H3. The predicted octanol–water partition coefficient (Wildman–Crippen LogP) is 1.45. The molecule has 0 spiro atoms. The number of nitrogens with zero attached hydrogens (tertiary/aromatic N) is 3. The number of carbonyl (C=O) groups excluding carboxylic acids is 1. The van der Waals surface area contributed by atoms with Crippen LogP contribution in [0.5, 0.6) is 0 Å². The molecule has 3 rings (SSSR count). The summed E-state index contributed by atoms with van der Waals surface area (Å²) in [6, 6.07) is 0. The number of hydrogen-bond acceptors (Lipinski definition) is 4. The van der Waals surface area contributed by atoms with Crippen LogP contribution in [0.3, 0.4) is 0 Å². The monoisotopic (exact) mass is 251 g/mol. The lowest BCUT2D eigenvalue weighted by molar-refractivity contribution is -0.133. The van der Waals surface area contributed by atoms with Crippen molar-refractivity contribution in [1.82, 2.24) is 9.88 Å². The van der Waals surface area contributed by atoms with E-state index in [0.29, 0.717) is 17.7 Å². The zero-order chi connectivity index (χ0) is 11.8. The Kier molecular flexibility index (Phi) is 2.78. The number of amides is 1. The van der Waals surface area contributed by atoms with Crippen LogP contribution in [-0.2, 0) is 4.79 Å². The number of hydrogen-bond donors (Lipinski definition) is 0. The van der Waals surface area contributed by atoms with Gasteiger partial charge in [-0.3, -0.25) is 4.79 Å². The Labute approximate surface area is 105 Å². The molecule has 0 bridgehead atoms. The average Bonchev–Trinajstić information content (AvgIpc) is 2.88. The predicted molar refractivity (Wildman–Crippen MR) is 68.2 cm³/mol. The highest BCUT2D eigenvalue weighted by Gasteiger charge is 2.41. The summed E-state index contributed by atoms with van der Waals surface area (Å²) in [6.45, 7) is 5.69. The molecule has 2 heterocycles. The molecule has 1 saturated carbocycles. The Bertz CT molecular complexity index is 398. The molecule has 0 aromatic carbocycles. The molecule has 1 aliphatic carbocycles. The van der Waals surface area contributed by atoms with Crippen LogP contribution in [0.4, 0.5) is 5.13 Å². The summed E-state index contributed by atoms with van der Waals surface area (Å²) in [5.41, 5.74) is 0. The molecule has 92 valence electrons. The number of rotatable bonds is 2. The number of piperazine rings is 1. The molecule has 1 aromatic heterocycles. The quantitative estimate of drug-likeness (QED) is 0.798. The van der Waals surface area contributed by atoms with Crippen LogP contribution in [0.2, 0.25) is 0 Å². The van der Waals surface area contributed by atoms with E-state index in [-0.39, 0.29) is 0 Å². The van der Waals surface area contributed by atoms with Gasteiger partial charge in [0.05, 0.1) is 0 Å². The number of aromatic nitrogens is 1. The van der Waals surface area contributed by atoms with Gasteiger partial charge in [-0.25, -0.2) is 4.98 Å². The fourth-order valence-electron chi connectivity index (χ4n) is 2.39. The summed E-state index contributed by atoms with van der Waals surface area (Å²) in [6.07, 6.45) is 2.93. The van der Waals surface area contributed by atoms with Gasteiger partial charge in [-0.05, 0) is 12.3 Å². The summed E-state index contributed by atoms with van der Waals surface area (Å²) < 4.78 is 0. The highest BCUT2D eigenvalue weighted by molar-refractivity contribution is 7.13. The minimum absolute atomic E-state index is 0.321. The first-order chi connectivity index (χ1) is 8.25. The molecule has 2 aliphatic rings. The summed E-state index contributed by atoms with van der Waals surface area (Å²) in [5.74, 6) is 1.30. The Morgan fingerprint density at radius 2 is 2.12 bits per heavy atom. The van der Waals surface area contributed by atoms with E-state index in [2.05, 4.69) is 16.8 Å². The molecule has 2 unspecified atom stereocenters. The highest BCUT2D eigenvalue weighted by Crippen LogP contribution is 2.39. The maximum absolute atomic E-state index is 12.1. The van der Waals surface area contributed by atoms with Gasteiger partial charge in [0.1, 0.15) is 0 Å². The summed E-state index contributed by atoms with van der Waals surface area (Å²) in [7, 11) is 0. The molecule has 1 aromatic rings. The molecule has 1 aliphatic heterocycles. The molecule has 1 saturated heterocycles. The zero-order valence-corrected chi connectivity index (χ0v) is 10.8. The second-order valence-corrected chi connectivity index (χ2v) is 5.82. The van der Waals surface area contributed by atoms with Crippen LogP contribution < -0.4 is 4.90 Å². The molecule has 2 atom stereocenters. The maximum Gasteiger partial charge on any atom is 0.226 e. The van der Waals surface area contributed by atoms with Crippen molar-refractivity contribution in [2.24, 2.45) is 11.8 Å². The Balaban J connectivity index is 1.55. The summed E-state index contributed by atoms with van der Waals surface area (Å²) >= 11 is 1.67. The van der Waals surface area contributed by atoms with Crippen LogP contribution in [0.25, 0.3) is 0 Å². The van der Waals surface area contributed by atoms with E-state index < -0.39 is 0 Å². The first kappa shape index (κ1) is 11.0. The van der Waals surface area contributed by atoms with Crippen molar-refractivity contribution in [3.05, 3.63) is 11.6 Å². The van der Waals surface area contributed by atoms with Gasteiger partial charge in [-0.2, -0.15) is 0 Å². The van der Waals surface area contributed by atoms with Crippen LogP contribution in [0, 0.1) is 11.8 Å². The Morgan fingerprint density at radius 1 is 1.41 bits per heavy atom. The topological polar surface area (TPSA) is 36.4 Å². The van der Waals surface area contributed by atoms with Gasteiger partial charge in [0.25, 0.3) is 0 Å². The second-order valence-electron chi connectivity index (χ2n) is 4.95. The van der Waals surface area contributed by atoms with Crippen molar-refractivity contribution in [2.45, 2.75) is 13.3 Å². The minimum atomic E-state index is 0.321. The molecule has 4 nitrogen and oxygen atoms in total. The SMILES string of the molecule is CC1CC1C(=O)N1CCN(c2nccs2)CC1. The van der Waals surface area contributed by atoms with Crippen LogP contribution in [0.15, 0.2) is 11.6 Å². The van der Waals surface area contributed by atoms with Gasteiger partial charge in [-0.15, -0.1) is 11.3 Å². The van der Waals surface area contributed by atoms with Gasteiger partial charge >= 0.3 is 0 Å². The largest absolute Gasteiger partial charge is 0.345 e. The molecule has 5 heteroatoms. The number of carbonyl (C=O) groups is 1. The van der Waals surface area contributed by atoms with E-state index >= 15 is 0 Å². The first-order valence-electron chi connectivity index (χ1n) is 6.19. The molecule has 2 fully saturated rings. The van der Waals surface area contributed by atoms with Gasteiger partial charge in [0.2, 0.25) is 5.91 Å². The lowest BCUT2D eigenvalue weighted by Gasteiger charge is -2.34. The third-order valence-corrected chi connectivity index (χ3v) is 4.54. The van der Waals surface area contributed by atoms with Gasteiger partial charge in [-0.1, -0.05) is 6.92 Å². The minimum Gasteiger partial charge on any atom is -0.345 e. The van der Waals surface area contributed by atoms with E-state index in [9.17, 15) is 4.79 Å². The molecule has 0 radical (unpaired) electrons. The maximum atomic E-state index is 12.1. The summed E-state index contributed by atoms with van der Waals surface area (Å²) in [5, 5.41) is 3.08. The first-order valence-corrected chi connectivity index (χ1v) is 7.07. The van der Waals surface area contributed by atoms with Crippen LogP contribution >= 0.6 is 11.3 Å². The third-order valence-electron chi connectivity index (χ3n) is 3.71. The van der Waals surface area contributed by atoms with E-state index in [1.165, 1.54) is 0 Å². The van der Waals surface area contributed by atoms with E-state index in [4.69, 9.17) is 0 Å². The van der Waals surface area contributed by atoms with E-state index in [0.717, 1.165) is 37.7 Å². The lowest BCUT2D eigenvalue weighted by atomic mass is 10.2. The van der Waals surface area contributed by atoms with Crippen molar-refractivity contribution in [1.29, 1.82) is 0 Å². The van der Waals surface area contributed by atoms with Crippen molar-refractivity contribution in [3.8, 4) is 0 Å². The number of anilines is 1. The fraction of sp³-hybridized carbons (Fsp3) is 0.667. The second kappa shape index (κ2) is 4.29. The molecule has 1 amide bonds. The van der Waals surface area contributed by atoms with Crippen molar-refractivity contribution in [3.63, 3.8) is 0 Å². The van der Waals surface area contributed by atoms with Crippen LogP contribution in [-0.4, -0.2) is 42.0 Å². The van der Waals surface area contributed by atoms with Gasteiger partial charge in [0.15, 0.2) is 5.13 Å². The lowest BCUT2D eigenvalue weighted by Crippen LogP contribution is -2.49. The van der Waals surface area contributed by atoms with Crippen molar-refractivity contribution >= 4 is 22.4 Å². The van der Waals surface area contributed by atoms with Gasteiger partial charge in [0, 0.05) is 43.7 Å². The molecular weight excluding hydrogens is 234 g/mol. The molecular formula is C12H17N3OS. The highest BCUT2D eigenvalue weighted by atomic mass is 32.1. The van der Waals surface area contributed by atoms with Crippen LogP contribution in [0.1, 0.15) is 13.3 Å². The number of thiazole rings is 1.